The molecule has 1 heterocycles. The molecule has 6 nitrogen and oxygen atoms in total. The fourth-order valence-electron chi connectivity index (χ4n) is 2.69. The van der Waals surface area contributed by atoms with Gasteiger partial charge in [-0.15, -0.1) is 0 Å². The van der Waals surface area contributed by atoms with Gasteiger partial charge in [-0.1, -0.05) is 19.8 Å². The molecule has 0 radical (unpaired) electrons. The van der Waals surface area contributed by atoms with E-state index < -0.39 is 0 Å². The highest BCUT2D eigenvalue weighted by Gasteiger charge is 2.27. The van der Waals surface area contributed by atoms with Crippen LogP contribution < -0.4 is 16.0 Å². The van der Waals surface area contributed by atoms with Crippen LogP contribution in [0.15, 0.2) is 10.8 Å². The molecule has 7 heteroatoms. The Hall–Kier alpha value is -1.37. The van der Waals surface area contributed by atoms with Crippen LogP contribution in [0.1, 0.15) is 39.0 Å². The summed E-state index contributed by atoms with van der Waals surface area (Å²) in [6.07, 6.45) is 7.05. The largest absolute Gasteiger partial charge is 0.369 e. The van der Waals surface area contributed by atoms with Crippen LogP contribution in [0.5, 0.6) is 0 Å². The number of rotatable bonds is 7. The van der Waals surface area contributed by atoms with E-state index in [4.69, 9.17) is 5.73 Å². The van der Waals surface area contributed by atoms with Crippen molar-refractivity contribution in [3.8, 4) is 0 Å². The Morgan fingerprint density at radius 3 is 2.81 bits per heavy atom. The van der Waals surface area contributed by atoms with Crippen LogP contribution in [0.2, 0.25) is 0 Å². The molecule has 1 aromatic heterocycles. The van der Waals surface area contributed by atoms with Gasteiger partial charge in [0.25, 0.3) is 0 Å². The molecule has 0 spiro atoms. The molecule has 0 saturated heterocycles. The maximum Gasteiger partial charge on any atom is 0.237 e. The fraction of sp³-hybridized carbons (Fsp3) is 0.643. The van der Waals surface area contributed by atoms with E-state index in [1.807, 2.05) is 4.90 Å². The summed E-state index contributed by atoms with van der Waals surface area (Å²) in [6, 6.07) is 0.322. The van der Waals surface area contributed by atoms with Crippen molar-refractivity contribution in [2.75, 3.05) is 23.3 Å². The minimum atomic E-state index is -0.338. The molecule has 1 fully saturated rings. The number of nitrogens with one attached hydrogen (secondary N) is 1. The minimum absolute atomic E-state index is 0.188. The number of nitrogens with zero attached hydrogens (tertiary/aromatic N) is 3. The van der Waals surface area contributed by atoms with E-state index in [1.54, 1.807) is 0 Å². The smallest absolute Gasteiger partial charge is 0.237 e. The Kier molecular flexibility index (Phi) is 5.78. The van der Waals surface area contributed by atoms with Crippen LogP contribution in [0, 0.1) is 0 Å². The summed E-state index contributed by atoms with van der Waals surface area (Å²) in [6.45, 7) is 3.13. The number of hydrogen-bond donors (Lipinski definition) is 2. The van der Waals surface area contributed by atoms with Gasteiger partial charge < -0.3 is 16.0 Å². The van der Waals surface area contributed by atoms with Gasteiger partial charge in [-0.3, -0.25) is 4.79 Å². The van der Waals surface area contributed by atoms with Gasteiger partial charge in [0, 0.05) is 12.6 Å². The number of halogens is 1. The Bertz CT molecular complexity index is 490. The highest BCUT2D eigenvalue weighted by Crippen LogP contribution is 2.34. The minimum Gasteiger partial charge on any atom is -0.369 e. The molecule has 1 saturated carbocycles. The Morgan fingerprint density at radius 2 is 2.19 bits per heavy atom. The lowest BCUT2D eigenvalue weighted by Crippen LogP contribution is -2.41. The molecule has 21 heavy (non-hydrogen) atoms. The molecular weight excluding hydrogens is 334 g/mol. The third kappa shape index (κ3) is 4.06. The molecule has 1 aliphatic carbocycles. The van der Waals surface area contributed by atoms with Gasteiger partial charge in [0.2, 0.25) is 5.91 Å². The monoisotopic (exact) mass is 355 g/mol. The summed E-state index contributed by atoms with van der Waals surface area (Å²) in [4.78, 5) is 22.0. The van der Waals surface area contributed by atoms with Crippen LogP contribution in [0.25, 0.3) is 0 Å². The van der Waals surface area contributed by atoms with Crippen LogP contribution in [0.4, 0.5) is 11.6 Å². The highest BCUT2D eigenvalue weighted by molar-refractivity contribution is 9.10. The number of primary amides is 1. The summed E-state index contributed by atoms with van der Waals surface area (Å²) < 4.78 is 0.798. The van der Waals surface area contributed by atoms with E-state index in [2.05, 4.69) is 38.1 Å². The summed E-state index contributed by atoms with van der Waals surface area (Å²) >= 11 is 3.57. The maximum atomic E-state index is 11.4. The first-order chi connectivity index (χ1) is 10.1. The lowest BCUT2D eigenvalue weighted by Gasteiger charge is -2.29. The topological polar surface area (TPSA) is 84.1 Å². The van der Waals surface area contributed by atoms with Gasteiger partial charge in [0.1, 0.15) is 22.4 Å². The van der Waals surface area contributed by atoms with E-state index in [0.29, 0.717) is 6.04 Å². The molecule has 0 bridgehead atoms. The molecule has 1 aromatic rings. The van der Waals surface area contributed by atoms with Crippen LogP contribution in [-0.2, 0) is 4.79 Å². The van der Waals surface area contributed by atoms with E-state index in [-0.39, 0.29) is 12.5 Å². The number of amides is 1. The van der Waals surface area contributed by atoms with E-state index in [1.165, 1.54) is 19.2 Å². The number of nitrogens with two attached hydrogens (primary N) is 1. The van der Waals surface area contributed by atoms with Crippen molar-refractivity contribution in [1.29, 1.82) is 0 Å². The molecule has 116 valence electrons. The SMILES string of the molecule is CCCNc1ncnc(N(CC(N)=O)C2CCCC2)c1Br. The first kappa shape index (κ1) is 16.0. The van der Waals surface area contributed by atoms with Crippen LogP contribution in [0.3, 0.4) is 0 Å². The van der Waals surface area contributed by atoms with Gasteiger partial charge in [-0.25, -0.2) is 9.97 Å². The van der Waals surface area contributed by atoms with Gasteiger partial charge in [0.05, 0.1) is 6.54 Å². The van der Waals surface area contributed by atoms with Crippen molar-refractivity contribution < 1.29 is 4.79 Å². The molecule has 3 N–H and O–H groups in total. The lowest BCUT2D eigenvalue weighted by molar-refractivity contribution is -0.116. The third-order valence-electron chi connectivity index (χ3n) is 3.68. The second kappa shape index (κ2) is 7.59. The molecule has 0 aliphatic heterocycles. The first-order valence-corrected chi connectivity index (χ1v) is 8.22. The van der Waals surface area contributed by atoms with E-state index >= 15 is 0 Å². The summed E-state index contributed by atoms with van der Waals surface area (Å²) in [5, 5.41) is 3.26. The van der Waals surface area contributed by atoms with E-state index in [0.717, 1.165) is 41.9 Å². The Morgan fingerprint density at radius 1 is 1.48 bits per heavy atom. The van der Waals surface area contributed by atoms with Gasteiger partial charge in [0.15, 0.2) is 0 Å². The predicted molar refractivity (Wildman–Crippen MR) is 87.3 cm³/mol. The number of carbonyl (C=O) groups excluding carboxylic acids is 1. The van der Waals surface area contributed by atoms with Crippen molar-refractivity contribution >= 4 is 33.5 Å². The zero-order valence-corrected chi connectivity index (χ0v) is 13.9. The Balaban J connectivity index is 2.27. The summed E-state index contributed by atoms with van der Waals surface area (Å²) in [5.74, 6) is 1.17. The summed E-state index contributed by atoms with van der Waals surface area (Å²) in [5.41, 5.74) is 5.41. The number of hydrogen-bond acceptors (Lipinski definition) is 5. The Labute approximate surface area is 133 Å². The fourth-order valence-corrected chi connectivity index (χ4v) is 3.26. The van der Waals surface area contributed by atoms with Crippen molar-refractivity contribution in [3.63, 3.8) is 0 Å². The molecule has 2 rings (SSSR count). The molecule has 1 amide bonds. The van der Waals surface area contributed by atoms with Gasteiger partial charge >= 0.3 is 0 Å². The average molecular weight is 356 g/mol. The molecule has 1 aliphatic rings. The number of aromatic nitrogens is 2. The average Bonchev–Trinajstić information content (AvgIpc) is 2.98. The molecule has 0 atom stereocenters. The van der Waals surface area contributed by atoms with Crippen molar-refractivity contribution in [2.45, 2.75) is 45.1 Å². The zero-order chi connectivity index (χ0) is 15.2. The zero-order valence-electron chi connectivity index (χ0n) is 12.3. The maximum absolute atomic E-state index is 11.4. The number of anilines is 2. The number of carbonyl (C=O) groups is 1. The molecular formula is C14H22BrN5O. The van der Waals surface area contributed by atoms with Crippen LogP contribution in [-0.4, -0.2) is 35.0 Å². The predicted octanol–water partition coefficient (Wildman–Crippen LogP) is 2.30. The first-order valence-electron chi connectivity index (χ1n) is 7.42. The van der Waals surface area contributed by atoms with Crippen molar-refractivity contribution in [2.24, 2.45) is 5.73 Å². The van der Waals surface area contributed by atoms with Gasteiger partial charge in [-0.05, 0) is 35.2 Å². The summed E-state index contributed by atoms with van der Waals surface area (Å²) in [7, 11) is 0. The quantitative estimate of drug-likeness (QED) is 0.783. The van der Waals surface area contributed by atoms with E-state index in [9.17, 15) is 4.79 Å². The second-order valence-corrected chi connectivity index (χ2v) is 6.11. The highest BCUT2D eigenvalue weighted by atomic mass is 79.9. The molecule has 0 aromatic carbocycles. The van der Waals surface area contributed by atoms with Crippen molar-refractivity contribution in [3.05, 3.63) is 10.8 Å². The standard InChI is InChI=1S/C14H22BrN5O/c1-2-7-17-13-12(15)14(19-9-18-13)20(8-11(16)21)10-5-3-4-6-10/h9-10H,2-8H2,1H3,(H2,16,21)(H,17,18,19). The normalized spacial score (nSPS) is 15.1. The van der Waals surface area contributed by atoms with Crippen LogP contribution >= 0.6 is 15.9 Å². The van der Waals surface area contributed by atoms with Crippen molar-refractivity contribution in [1.82, 2.24) is 9.97 Å². The molecule has 0 unspecified atom stereocenters. The lowest BCUT2D eigenvalue weighted by atomic mass is 10.2. The second-order valence-electron chi connectivity index (χ2n) is 5.32. The van der Waals surface area contributed by atoms with Gasteiger partial charge in [-0.2, -0.15) is 0 Å². The third-order valence-corrected chi connectivity index (χ3v) is 4.41.